The second kappa shape index (κ2) is 9.31. The van der Waals surface area contributed by atoms with Crippen LogP contribution in [0.1, 0.15) is 21.5 Å². The molecule has 3 aromatic rings. The first kappa shape index (κ1) is 20.5. The zero-order valence-corrected chi connectivity index (χ0v) is 16.8. The van der Waals surface area contributed by atoms with Crippen LogP contribution in [0.5, 0.6) is 5.75 Å². The molecular formula is C21H20N3O4S-. The van der Waals surface area contributed by atoms with Gasteiger partial charge in [-0.15, -0.1) is 0 Å². The Hall–Kier alpha value is -3.23. The lowest BCUT2D eigenvalue weighted by Gasteiger charge is -2.27. The third-order valence-electron chi connectivity index (χ3n) is 4.22. The molecule has 1 heterocycles. The van der Waals surface area contributed by atoms with Gasteiger partial charge in [-0.2, -0.15) is 0 Å². The van der Waals surface area contributed by atoms with Gasteiger partial charge in [0, 0.05) is 30.6 Å². The zero-order chi connectivity index (χ0) is 20.8. The molecule has 0 aliphatic heterocycles. The van der Waals surface area contributed by atoms with Crippen molar-refractivity contribution in [2.75, 3.05) is 11.4 Å². The van der Waals surface area contributed by atoms with Crippen molar-refractivity contribution in [3.63, 3.8) is 0 Å². The van der Waals surface area contributed by atoms with Gasteiger partial charge >= 0.3 is 0 Å². The van der Waals surface area contributed by atoms with E-state index in [1.54, 1.807) is 42.7 Å². The Balaban J connectivity index is 1.91. The summed E-state index contributed by atoms with van der Waals surface area (Å²) in [4.78, 5) is 16.7. The van der Waals surface area contributed by atoms with Crippen molar-refractivity contribution < 1.29 is 18.3 Å². The van der Waals surface area contributed by atoms with Gasteiger partial charge in [0.2, 0.25) is 0 Å². The van der Waals surface area contributed by atoms with Crippen molar-refractivity contribution in [1.82, 2.24) is 10.3 Å². The van der Waals surface area contributed by atoms with Crippen molar-refractivity contribution in [2.24, 2.45) is 0 Å². The molecule has 0 saturated heterocycles. The number of carbonyl (C=O) groups is 1. The molecule has 1 atom stereocenters. The van der Waals surface area contributed by atoms with E-state index >= 15 is 0 Å². The summed E-state index contributed by atoms with van der Waals surface area (Å²) < 4.78 is 30.3. The van der Waals surface area contributed by atoms with E-state index in [4.69, 9.17) is 4.74 Å². The summed E-state index contributed by atoms with van der Waals surface area (Å²) in [6.45, 7) is 2.22. The Morgan fingerprint density at radius 3 is 2.55 bits per heavy atom. The van der Waals surface area contributed by atoms with Crippen LogP contribution < -0.4 is 14.4 Å². The largest absolute Gasteiger partial charge is 0.755 e. The molecule has 1 amide bonds. The van der Waals surface area contributed by atoms with Crippen LogP contribution >= 0.6 is 0 Å². The minimum Gasteiger partial charge on any atom is -0.755 e. The highest BCUT2D eigenvalue weighted by molar-refractivity contribution is 7.81. The van der Waals surface area contributed by atoms with Crippen LogP contribution in [0.4, 0.5) is 11.4 Å². The smallest absolute Gasteiger partial charge is 0.251 e. The standard InChI is InChI=1S/C21H21N3O4S/c1-15-5-7-18(8-6-15)24(29(26)27)19-10-17(11-20(12-19)28-2)21(25)23-14-16-4-3-9-22-13-16/h3-13H,14H2,1-2H3,(H,23,25)(H,26,27)/p-1. The van der Waals surface area contributed by atoms with E-state index in [1.165, 1.54) is 13.2 Å². The third kappa shape index (κ3) is 5.18. The maximum absolute atomic E-state index is 12.7. The highest BCUT2D eigenvalue weighted by Crippen LogP contribution is 2.31. The third-order valence-corrected chi connectivity index (χ3v) is 4.94. The molecule has 0 aliphatic carbocycles. The fourth-order valence-corrected chi connectivity index (χ4v) is 3.31. The number of carbonyl (C=O) groups excluding carboxylic acids is 1. The van der Waals surface area contributed by atoms with Crippen molar-refractivity contribution in [1.29, 1.82) is 0 Å². The minimum atomic E-state index is -2.59. The first-order chi connectivity index (χ1) is 14.0. The highest BCUT2D eigenvalue weighted by atomic mass is 32.2. The number of nitrogens with one attached hydrogen (secondary N) is 1. The number of benzene rings is 2. The maximum Gasteiger partial charge on any atom is 0.251 e. The van der Waals surface area contributed by atoms with E-state index in [0.717, 1.165) is 15.4 Å². The molecule has 0 bridgehead atoms. The van der Waals surface area contributed by atoms with Crippen LogP contribution in [0.2, 0.25) is 0 Å². The SMILES string of the molecule is COc1cc(C(=O)NCc2cccnc2)cc(N(c2ccc(C)cc2)S(=O)[O-])c1. The molecule has 1 unspecified atom stereocenters. The number of hydrogen-bond acceptors (Lipinski definition) is 5. The normalized spacial score (nSPS) is 11.6. The molecule has 7 nitrogen and oxygen atoms in total. The van der Waals surface area contributed by atoms with Crippen molar-refractivity contribution in [2.45, 2.75) is 13.5 Å². The van der Waals surface area contributed by atoms with Gasteiger partial charge < -0.3 is 14.6 Å². The lowest BCUT2D eigenvalue weighted by Crippen LogP contribution is -2.24. The number of aryl methyl sites for hydroxylation is 1. The first-order valence-corrected chi connectivity index (χ1v) is 9.83. The Labute approximate surface area is 171 Å². The minimum absolute atomic E-state index is 0.283. The monoisotopic (exact) mass is 410 g/mol. The fraction of sp³-hybridized carbons (Fsp3) is 0.143. The summed E-state index contributed by atoms with van der Waals surface area (Å²) in [5.41, 5.74) is 2.90. The van der Waals surface area contributed by atoms with Gasteiger partial charge in [-0.3, -0.25) is 18.3 Å². The molecule has 2 aromatic carbocycles. The van der Waals surface area contributed by atoms with Gasteiger partial charge in [-0.1, -0.05) is 23.8 Å². The first-order valence-electron chi connectivity index (χ1n) is 8.80. The summed E-state index contributed by atoms with van der Waals surface area (Å²) in [6.07, 6.45) is 3.32. The van der Waals surface area contributed by atoms with E-state index < -0.39 is 11.3 Å². The van der Waals surface area contributed by atoms with Crippen molar-refractivity contribution in [3.05, 3.63) is 83.7 Å². The lowest BCUT2D eigenvalue weighted by atomic mass is 10.1. The van der Waals surface area contributed by atoms with Crippen LogP contribution in [0, 0.1) is 6.92 Å². The second-order valence-electron chi connectivity index (χ2n) is 6.31. The van der Waals surface area contributed by atoms with Crippen LogP contribution in [0.3, 0.4) is 0 Å². The Kier molecular flexibility index (Phi) is 6.58. The summed E-state index contributed by atoms with van der Waals surface area (Å²) >= 11 is -2.59. The number of aromatic nitrogens is 1. The van der Waals surface area contributed by atoms with Crippen LogP contribution in [0.15, 0.2) is 67.0 Å². The Morgan fingerprint density at radius 1 is 1.17 bits per heavy atom. The molecule has 150 valence electrons. The fourth-order valence-electron chi connectivity index (χ4n) is 2.74. The molecule has 1 aromatic heterocycles. The molecule has 29 heavy (non-hydrogen) atoms. The van der Waals surface area contributed by atoms with Crippen LogP contribution in [0.25, 0.3) is 0 Å². The topological polar surface area (TPSA) is 94.6 Å². The highest BCUT2D eigenvalue weighted by Gasteiger charge is 2.16. The predicted octanol–water partition coefficient (Wildman–Crippen LogP) is 3.26. The molecule has 0 aliphatic rings. The summed E-state index contributed by atoms with van der Waals surface area (Å²) in [7, 11) is 1.46. The Bertz CT molecular complexity index is 1010. The average molecular weight is 410 g/mol. The summed E-state index contributed by atoms with van der Waals surface area (Å²) in [6, 6.07) is 15.3. The van der Waals surface area contributed by atoms with E-state index in [2.05, 4.69) is 10.3 Å². The van der Waals surface area contributed by atoms with E-state index in [0.29, 0.717) is 23.7 Å². The number of hydrogen-bond donors (Lipinski definition) is 1. The lowest BCUT2D eigenvalue weighted by molar-refractivity contribution is 0.0950. The van der Waals surface area contributed by atoms with Crippen molar-refractivity contribution in [3.8, 4) is 5.75 Å². The average Bonchev–Trinajstić information content (AvgIpc) is 2.74. The maximum atomic E-state index is 12.7. The number of methoxy groups -OCH3 is 1. The Morgan fingerprint density at radius 2 is 1.93 bits per heavy atom. The van der Waals surface area contributed by atoms with Gasteiger partial charge in [0.25, 0.3) is 5.91 Å². The van der Waals surface area contributed by atoms with Gasteiger partial charge in [0.1, 0.15) is 5.75 Å². The second-order valence-corrected chi connectivity index (χ2v) is 7.11. The molecule has 8 heteroatoms. The quantitative estimate of drug-likeness (QED) is 0.603. The molecule has 0 saturated carbocycles. The van der Waals surface area contributed by atoms with Crippen LogP contribution in [-0.4, -0.2) is 26.8 Å². The molecule has 3 rings (SSSR count). The number of pyridine rings is 1. The van der Waals surface area contributed by atoms with Crippen molar-refractivity contribution >= 4 is 28.5 Å². The summed E-state index contributed by atoms with van der Waals surface area (Å²) in [5, 5.41) is 2.80. The molecule has 0 spiro atoms. The number of rotatable bonds is 7. The molecule has 0 radical (unpaired) electrons. The van der Waals surface area contributed by atoms with Crippen LogP contribution in [-0.2, 0) is 17.8 Å². The van der Waals surface area contributed by atoms with Gasteiger partial charge in [0.05, 0.1) is 29.8 Å². The van der Waals surface area contributed by atoms with E-state index in [9.17, 15) is 13.6 Å². The summed E-state index contributed by atoms with van der Waals surface area (Å²) in [5.74, 6) is 0.0196. The van der Waals surface area contributed by atoms with E-state index in [1.807, 2.05) is 25.1 Å². The number of nitrogens with zero attached hydrogens (tertiary/aromatic N) is 2. The van der Waals surface area contributed by atoms with Gasteiger partial charge in [-0.25, -0.2) is 0 Å². The predicted molar refractivity (Wildman–Crippen MR) is 111 cm³/mol. The zero-order valence-electron chi connectivity index (χ0n) is 16.0. The van der Waals surface area contributed by atoms with Gasteiger partial charge in [0.15, 0.2) is 0 Å². The van der Waals surface area contributed by atoms with Gasteiger partial charge in [-0.05, 0) is 42.8 Å². The molecule has 1 N–H and O–H groups in total. The molecular weight excluding hydrogens is 390 g/mol. The van der Waals surface area contributed by atoms with E-state index in [-0.39, 0.29) is 11.5 Å². The number of ether oxygens (including phenoxy) is 1. The number of amides is 1. The molecule has 0 fully saturated rings. The number of anilines is 2.